The number of benzene rings is 2. The van der Waals surface area contributed by atoms with Crippen molar-refractivity contribution in [3.8, 4) is 6.07 Å². The number of nitrogens with zero attached hydrogens (tertiary/aromatic N) is 3. The number of amides is 1. The van der Waals surface area contributed by atoms with Crippen LogP contribution in [0, 0.1) is 11.3 Å². The predicted molar refractivity (Wildman–Crippen MR) is 110 cm³/mol. The molecule has 1 N–H and O–H groups in total. The fourth-order valence-corrected chi connectivity index (χ4v) is 4.67. The molecule has 2 aromatic rings. The lowest BCUT2D eigenvalue weighted by Crippen LogP contribution is -2.35. The number of rotatable bonds is 5. The highest BCUT2D eigenvalue weighted by Gasteiger charge is 2.26. The molecule has 1 aliphatic rings. The lowest BCUT2D eigenvalue weighted by Gasteiger charge is -2.25. The highest BCUT2D eigenvalue weighted by atomic mass is 32.2. The number of sulfonamides is 1. The molecule has 0 spiro atoms. The second-order valence-corrected chi connectivity index (χ2v) is 8.76. The minimum Gasteiger partial charge on any atom is -0.267 e. The molecule has 7 nitrogen and oxygen atoms in total. The number of carbonyl (C=O) groups excluding carboxylic acids is 1. The Morgan fingerprint density at radius 2 is 1.76 bits per heavy atom. The number of hydrogen-bond donors (Lipinski definition) is 1. The maximum absolute atomic E-state index is 12.8. The number of nitriles is 1. The smallest absolute Gasteiger partial charge is 0.267 e. The van der Waals surface area contributed by atoms with Crippen LogP contribution >= 0.6 is 0 Å². The van der Waals surface area contributed by atoms with Crippen molar-refractivity contribution in [1.29, 1.82) is 5.26 Å². The fraction of sp³-hybridized carbons (Fsp3) is 0.286. The molecule has 0 saturated carbocycles. The molecule has 2 aromatic carbocycles. The zero-order valence-electron chi connectivity index (χ0n) is 16.1. The first-order chi connectivity index (χ1) is 13.9. The molecular formula is C21H22N4O3S. The summed E-state index contributed by atoms with van der Waals surface area (Å²) in [7, 11) is -3.61. The Morgan fingerprint density at radius 1 is 1.07 bits per heavy atom. The first-order valence-corrected chi connectivity index (χ1v) is 10.8. The zero-order chi connectivity index (χ0) is 20.9. The molecule has 0 atom stereocenters. The van der Waals surface area contributed by atoms with E-state index in [2.05, 4.69) is 10.5 Å². The van der Waals surface area contributed by atoms with Gasteiger partial charge in [-0.2, -0.15) is 14.7 Å². The summed E-state index contributed by atoms with van der Waals surface area (Å²) in [6, 6.07) is 14.9. The summed E-state index contributed by atoms with van der Waals surface area (Å²) >= 11 is 0. The molecule has 8 heteroatoms. The largest absolute Gasteiger partial charge is 0.271 e. The van der Waals surface area contributed by atoms with E-state index >= 15 is 0 Å². The molecule has 29 heavy (non-hydrogen) atoms. The third-order valence-electron chi connectivity index (χ3n) is 4.81. The number of hydrazone groups is 1. The molecule has 150 valence electrons. The van der Waals surface area contributed by atoms with Gasteiger partial charge in [0, 0.05) is 18.7 Å². The van der Waals surface area contributed by atoms with Gasteiger partial charge in [0.25, 0.3) is 5.91 Å². The third-order valence-corrected chi connectivity index (χ3v) is 6.70. The van der Waals surface area contributed by atoms with Gasteiger partial charge in [0.2, 0.25) is 10.0 Å². The van der Waals surface area contributed by atoms with Gasteiger partial charge in [0.05, 0.1) is 22.2 Å². The van der Waals surface area contributed by atoms with Gasteiger partial charge in [0.1, 0.15) is 0 Å². The first-order valence-electron chi connectivity index (χ1n) is 9.37. The van der Waals surface area contributed by atoms with Crippen molar-refractivity contribution in [2.24, 2.45) is 5.10 Å². The summed E-state index contributed by atoms with van der Waals surface area (Å²) in [6.45, 7) is 2.75. The number of carbonyl (C=O) groups is 1. The molecule has 1 amide bonds. The van der Waals surface area contributed by atoms with Gasteiger partial charge in [-0.3, -0.25) is 4.79 Å². The van der Waals surface area contributed by atoms with E-state index in [0.29, 0.717) is 24.4 Å². The van der Waals surface area contributed by atoms with Gasteiger partial charge >= 0.3 is 0 Å². The Labute approximate surface area is 170 Å². The van der Waals surface area contributed by atoms with Crippen LogP contribution in [0.1, 0.15) is 47.7 Å². The number of nitrogens with one attached hydrogen (secondary N) is 1. The topological polar surface area (TPSA) is 103 Å². The van der Waals surface area contributed by atoms with Crippen molar-refractivity contribution in [2.45, 2.75) is 31.1 Å². The van der Waals surface area contributed by atoms with Gasteiger partial charge in [-0.15, -0.1) is 0 Å². The second-order valence-electron chi connectivity index (χ2n) is 6.82. The van der Waals surface area contributed by atoms with Gasteiger partial charge in [-0.05, 0) is 55.7 Å². The van der Waals surface area contributed by atoms with Crippen LogP contribution in [0.4, 0.5) is 0 Å². The Balaban J connectivity index is 1.74. The molecule has 0 aromatic heterocycles. The van der Waals surface area contributed by atoms with Gasteiger partial charge in [0.15, 0.2) is 0 Å². The summed E-state index contributed by atoms with van der Waals surface area (Å²) in [5, 5.41) is 12.9. The van der Waals surface area contributed by atoms with E-state index in [0.717, 1.165) is 24.8 Å². The Bertz CT molecular complexity index is 1060. The van der Waals surface area contributed by atoms with Crippen molar-refractivity contribution in [3.05, 3.63) is 65.2 Å². The SMILES string of the molecule is CC(=NNC(=O)c1cccc(S(=O)(=O)N2CCCCC2)c1)c1ccc(C#N)cc1. The van der Waals surface area contributed by atoms with Crippen molar-refractivity contribution >= 4 is 21.6 Å². The molecule has 0 aliphatic carbocycles. The van der Waals surface area contributed by atoms with E-state index in [1.165, 1.54) is 16.4 Å². The summed E-state index contributed by atoms with van der Waals surface area (Å²) in [5.41, 5.74) is 4.56. The quantitative estimate of drug-likeness (QED) is 0.605. The van der Waals surface area contributed by atoms with E-state index in [-0.39, 0.29) is 10.5 Å². The average molecular weight is 410 g/mol. The normalized spacial score (nSPS) is 15.5. The maximum Gasteiger partial charge on any atom is 0.271 e. The van der Waals surface area contributed by atoms with Crippen molar-refractivity contribution in [1.82, 2.24) is 9.73 Å². The van der Waals surface area contributed by atoms with E-state index < -0.39 is 15.9 Å². The monoisotopic (exact) mass is 410 g/mol. The molecule has 0 unspecified atom stereocenters. The molecule has 1 fully saturated rings. The third kappa shape index (κ3) is 4.88. The molecule has 1 aliphatic heterocycles. The van der Waals surface area contributed by atoms with Crippen LogP contribution in [0.25, 0.3) is 0 Å². The van der Waals surface area contributed by atoms with E-state index in [1.54, 1.807) is 43.3 Å². The predicted octanol–water partition coefficient (Wildman–Crippen LogP) is 2.89. The highest BCUT2D eigenvalue weighted by Crippen LogP contribution is 2.21. The lowest BCUT2D eigenvalue weighted by atomic mass is 10.1. The summed E-state index contributed by atoms with van der Waals surface area (Å²) in [6.07, 6.45) is 2.73. The van der Waals surface area contributed by atoms with Crippen LogP contribution in [0.5, 0.6) is 0 Å². The summed E-state index contributed by atoms with van der Waals surface area (Å²) < 4.78 is 27.1. The molecule has 1 heterocycles. The minimum absolute atomic E-state index is 0.111. The van der Waals surface area contributed by atoms with Gasteiger partial charge < -0.3 is 0 Å². The molecule has 3 rings (SSSR count). The van der Waals surface area contributed by atoms with Crippen molar-refractivity contribution in [3.63, 3.8) is 0 Å². The Hall–Kier alpha value is -3.02. The molecule has 1 saturated heterocycles. The average Bonchev–Trinajstić information content (AvgIpc) is 2.78. The Kier molecular flexibility index (Phi) is 6.42. The molecular weight excluding hydrogens is 388 g/mol. The summed E-state index contributed by atoms with van der Waals surface area (Å²) in [4.78, 5) is 12.6. The van der Waals surface area contributed by atoms with Gasteiger partial charge in [-0.25, -0.2) is 13.8 Å². The molecule has 0 bridgehead atoms. The van der Waals surface area contributed by atoms with Crippen LogP contribution in [0.3, 0.4) is 0 Å². The maximum atomic E-state index is 12.8. The van der Waals surface area contributed by atoms with Crippen molar-refractivity contribution < 1.29 is 13.2 Å². The van der Waals surface area contributed by atoms with Crippen molar-refractivity contribution in [2.75, 3.05) is 13.1 Å². The van der Waals surface area contributed by atoms with E-state index in [4.69, 9.17) is 5.26 Å². The van der Waals surface area contributed by atoms with Crippen LogP contribution in [0.15, 0.2) is 58.5 Å². The highest BCUT2D eigenvalue weighted by molar-refractivity contribution is 7.89. The minimum atomic E-state index is -3.61. The first kappa shape index (κ1) is 20.7. The zero-order valence-corrected chi connectivity index (χ0v) is 16.9. The van der Waals surface area contributed by atoms with Crippen LogP contribution in [0.2, 0.25) is 0 Å². The van der Waals surface area contributed by atoms with E-state index in [9.17, 15) is 13.2 Å². The molecule has 0 radical (unpaired) electrons. The van der Waals surface area contributed by atoms with E-state index in [1.807, 2.05) is 6.07 Å². The number of hydrogen-bond acceptors (Lipinski definition) is 5. The Morgan fingerprint density at radius 3 is 2.41 bits per heavy atom. The number of piperidine rings is 1. The van der Waals surface area contributed by atoms with Crippen LogP contribution in [-0.2, 0) is 10.0 Å². The van der Waals surface area contributed by atoms with Gasteiger partial charge in [-0.1, -0.05) is 24.6 Å². The lowest BCUT2D eigenvalue weighted by molar-refractivity contribution is 0.0954. The van der Waals surface area contributed by atoms with Crippen LogP contribution < -0.4 is 5.43 Å². The second kappa shape index (κ2) is 8.99. The fourth-order valence-electron chi connectivity index (χ4n) is 3.10. The van der Waals surface area contributed by atoms with Crippen LogP contribution in [-0.4, -0.2) is 37.4 Å². The standard InChI is InChI=1S/C21H22N4O3S/c1-16(18-10-8-17(15-22)9-11-18)23-24-21(26)19-6-5-7-20(14-19)29(27,28)25-12-3-2-4-13-25/h5-11,14H,2-4,12-13H2,1H3,(H,24,26). The summed E-state index contributed by atoms with van der Waals surface area (Å²) in [5.74, 6) is -0.492.